The smallest absolute Gasteiger partial charge is 0.434 e. The van der Waals surface area contributed by atoms with E-state index in [4.69, 9.17) is 0 Å². The summed E-state index contributed by atoms with van der Waals surface area (Å²) in [4.78, 5) is 10.9. The highest BCUT2D eigenvalue weighted by Gasteiger charge is 2.04. The van der Waals surface area contributed by atoms with Gasteiger partial charge in [0.2, 0.25) is 0 Å². The first-order valence-electron chi connectivity index (χ1n) is 3.35. The molecule has 4 heteroatoms. The van der Waals surface area contributed by atoms with Crippen molar-refractivity contribution in [1.29, 1.82) is 0 Å². The Bertz CT molecular complexity index is 255. The maximum absolute atomic E-state index is 10.9. The van der Waals surface area contributed by atoms with Crippen molar-refractivity contribution in [3.63, 3.8) is 0 Å². The van der Waals surface area contributed by atoms with Gasteiger partial charge in [0, 0.05) is 12.3 Å². The zero-order valence-corrected chi connectivity index (χ0v) is 6.50. The van der Waals surface area contributed by atoms with E-state index in [2.05, 4.69) is 15.9 Å². The number of hydrogen-bond donors (Lipinski definition) is 0. The van der Waals surface area contributed by atoms with E-state index in [0.717, 1.165) is 4.68 Å². The standard InChI is InChI=1S/C7H9N2O2/c1-3-11-7(10)9-5-4-6(2)8-9/h5H,3H2,1-2H3. The molecule has 0 unspecified atom stereocenters. The summed E-state index contributed by atoms with van der Waals surface area (Å²) in [5.41, 5.74) is 0.679. The molecular formula is C7H9N2O2. The second kappa shape index (κ2) is 3.18. The Balaban J connectivity index is 2.69. The van der Waals surface area contributed by atoms with Gasteiger partial charge in [0.05, 0.1) is 12.3 Å². The van der Waals surface area contributed by atoms with E-state index < -0.39 is 6.09 Å². The minimum atomic E-state index is -0.461. The van der Waals surface area contributed by atoms with E-state index in [0.29, 0.717) is 12.3 Å². The topological polar surface area (TPSA) is 44.1 Å². The molecule has 0 saturated carbocycles. The van der Waals surface area contributed by atoms with Crippen LogP contribution in [0.5, 0.6) is 0 Å². The van der Waals surface area contributed by atoms with Gasteiger partial charge in [0.15, 0.2) is 0 Å². The Labute approximate surface area is 64.8 Å². The van der Waals surface area contributed by atoms with E-state index in [-0.39, 0.29) is 0 Å². The Morgan fingerprint density at radius 1 is 1.91 bits per heavy atom. The summed E-state index contributed by atoms with van der Waals surface area (Å²) in [6.45, 7) is 3.87. The molecular weight excluding hydrogens is 144 g/mol. The van der Waals surface area contributed by atoms with E-state index in [1.54, 1.807) is 13.8 Å². The predicted octanol–water partition coefficient (Wildman–Crippen LogP) is 0.996. The van der Waals surface area contributed by atoms with Gasteiger partial charge >= 0.3 is 6.09 Å². The van der Waals surface area contributed by atoms with Crippen molar-refractivity contribution < 1.29 is 9.53 Å². The number of hydrogen-bond acceptors (Lipinski definition) is 3. The third-order valence-electron chi connectivity index (χ3n) is 1.11. The summed E-state index contributed by atoms with van der Waals surface area (Å²) >= 11 is 0. The number of carbonyl (C=O) groups is 1. The van der Waals surface area contributed by atoms with Crippen molar-refractivity contribution in [2.24, 2.45) is 0 Å². The van der Waals surface area contributed by atoms with Crippen molar-refractivity contribution in [2.75, 3.05) is 6.61 Å². The first kappa shape index (κ1) is 7.78. The second-order valence-electron chi connectivity index (χ2n) is 2.00. The van der Waals surface area contributed by atoms with E-state index in [1.165, 1.54) is 6.20 Å². The van der Waals surface area contributed by atoms with Gasteiger partial charge in [0.1, 0.15) is 0 Å². The normalized spacial score (nSPS) is 9.64. The molecule has 11 heavy (non-hydrogen) atoms. The number of carbonyl (C=O) groups excluding carboxylic acids is 1. The third-order valence-corrected chi connectivity index (χ3v) is 1.11. The molecule has 0 saturated heterocycles. The third kappa shape index (κ3) is 1.80. The molecule has 0 aromatic carbocycles. The van der Waals surface area contributed by atoms with Crippen molar-refractivity contribution in [3.05, 3.63) is 18.0 Å². The minimum absolute atomic E-state index is 0.359. The molecule has 1 aromatic heterocycles. The van der Waals surface area contributed by atoms with Gasteiger partial charge in [-0.05, 0) is 13.8 Å². The van der Waals surface area contributed by atoms with Crippen LogP contribution in [0.4, 0.5) is 4.79 Å². The average molecular weight is 153 g/mol. The molecule has 0 bridgehead atoms. The van der Waals surface area contributed by atoms with Crippen LogP contribution < -0.4 is 0 Å². The first-order chi connectivity index (χ1) is 5.24. The lowest BCUT2D eigenvalue weighted by Gasteiger charge is -1.98. The molecule has 0 atom stereocenters. The lowest BCUT2D eigenvalue weighted by Crippen LogP contribution is -2.13. The zero-order valence-electron chi connectivity index (χ0n) is 6.50. The van der Waals surface area contributed by atoms with Crippen LogP contribution in [-0.4, -0.2) is 22.5 Å². The summed E-state index contributed by atoms with van der Waals surface area (Å²) in [6.07, 6.45) is 0.990. The molecule has 0 aliphatic carbocycles. The van der Waals surface area contributed by atoms with Gasteiger partial charge in [-0.1, -0.05) is 0 Å². The largest absolute Gasteiger partial charge is 0.448 e. The summed E-state index contributed by atoms with van der Waals surface area (Å²) in [7, 11) is 0. The fourth-order valence-corrected chi connectivity index (χ4v) is 0.657. The Morgan fingerprint density at radius 2 is 2.64 bits per heavy atom. The molecule has 4 nitrogen and oxygen atoms in total. The van der Waals surface area contributed by atoms with E-state index in [1.807, 2.05) is 0 Å². The molecule has 59 valence electrons. The number of rotatable bonds is 1. The van der Waals surface area contributed by atoms with Crippen LogP contribution in [0.3, 0.4) is 0 Å². The molecule has 1 radical (unpaired) electrons. The van der Waals surface area contributed by atoms with E-state index in [9.17, 15) is 4.79 Å². The molecule has 0 aliphatic rings. The fraction of sp³-hybridized carbons (Fsp3) is 0.429. The molecule has 0 spiro atoms. The van der Waals surface area contributed by atoms with Crippen LogP contribution in [0, 0.1) is 13.0 Å². The lowest BCUT2D eigenvalue weighted by atomic mass is 10.5. The van der Waals surface area contributed by atoms with Gasteiger partial charge in [0.25, 0.3) is 0 Å². The highest BCUT2D eigenvalue weighted by atomic mass is 16.5. The maximum Gasteiger partial charge on any atom is 0.434 e. The quantitative estimate of drug-likeness (QED) is 0.604. The zero-order chi connectivity index (χ0) is 8.27. The highest BCUT2D eigenvalue weighted by molar-refractivity contribution is 5.69. The molecule has 0 aliphatic heterocycles. The minimum Gasteiger partial charge on any atom is -0.448 e. The van der Waals surface area contributed by atoms with Crippen LogP contribution in [0.2, 0.25) is 0 Å². The predicted molar refractivity (Wildman–Crippen MR) is 38.2 cm³/mol. The Kier molecular flexibility index (Phi) is 2.25. The number of nitrogens with zero attached hydrogens (tertiary/aromatic N) is 2. The van der Waals surface area contributed by atoms with Crippen LogP contribution in [0.15, 0.2) is 6.20 Å². The highest BCUT2D eigenvalue weighted by Crippen LogP contribution is 1.92. The first-order valence-corrected chi connectivity index (χ1v) is 3.35. The summed E-state index contributed by atoms with van der Waals surface area (Å²) in [5.74, 6) is 0. The molecule has 0 fully saturated rings. The van der Waals surface area contributed by atoms with E-state index >= 15 is 0 Å². The van der Waals surface area contributed by atoms with Gasteiger partial charge < -0.3 is 4.74 Å². The number of aryl methyl sites for hydroxylation is 1. The summed E-state index contributed by atoms with van der Waals surface area (Å²) in [6, 6.07) is 2.76. The maximum atomic E-state index is 10.9. The number of ether oxygens (including phenoxy) is 1. The van der Waals surface area contributed by atoms with Crippen molar-refractivity contribution in [3.8, 4) is 0 Å². The molecule has 1 heterocycles. The second-order valence-corrected chi connectivity index (χ2v) is 2.00. The van der Waals surface area contributed by atoms with Gasteiger partial charge in [-0.25, -0.2) is 4.79 Å². The fourth-order valence-electron chi connectivity index (χ4n) is 0.657. The van der Waals surface area contributed by atoms with Gasteiger partial charge in [-0.2, -0.15) is 9.78 Å². The van der Waals surface area contributed by atoms with Gasteiger partial charge in [-0.15, -0.1) is 0 Å². The van der Waals surface area contributed by atoms with Crippen LogP contribution in [0.25, 0.3) is 0 Å². The lowest BCUT2D eigenvalue weighted by molar-refractivity contribution is 0.150. The molecule has 1 aromatic rings. The Hall–Kier alpha value is -1.32. The van der Waals surface area contributed by atoms with Crippen LogP contribution in [0.1, 0.15) is 12.6 Å². The molecule has 1 rings (SSSR count). The van der Waals surface area contributed by atoms with Crippen molar-refractivity contribution >= 4 is 6.09 Å². The summed E-state index contributed by atoms with van der Waals surface area (Å²) in [5, 5.41) is 3.82. The number of aromatic nitrogens is 2. The average Bonchev–Trinajstić information content (AvgIpc) is 2.36. The van der Waals surface area contributed by atoms with Crippen LogP contribution >= 0.6 is 0 Å². The Morgan fingerprint density at radius 3 is 3.09 bits per heavy atom. The molecule has 0 amide bonds. The van der Waals surface area contributed by atoms with Gasteiger partial charge in [-0.3, -0.25) is 0 Å². The summed E-state index contributed by atoms with van der Waals surface area (Å²) < 4.78 is 5.81. The monoisotopic (exact) mass is 153 g/mol. The molecule has 0 N–H and O–H groups in total. The van der Waals surface area contributed by atoms with Crippen LogP contribution in [-0.2, 0) is 4.74 Å². The van der Waals surface area contributed by atoms with Crippen molar-refractivity contribution in [1.82, 2.24) is 9.78 Å². The SMILES string of the molecule is CCOC(=O)n1c[c]c(C)n1. The van der Waals surface area contributed by atoms with Crippen molar-refractivity contribution in [2.45, 2.75) is 13.8 Å².